The number of aromatic nitrogens is 4. The maximum Gasteiger partial charge on any atom is 0.147 e. The monoisotopic (exact) mass is 388 g/mol. The number of imidazole rings is 1. The van der Waals surface area contributed by atoms with E-state index in [-0.39, 0.29) is 0 Å². The molecule has 3 aliphatic rings. The number of rotatable bonds is 3. The minimum Gasteiger partial charge on any atom is -0.355 e. The second-order valence-electron chi connectivity index (χ2n) is 8.71. The third-order valence-corrected chi connectivity index (χ3v) is 7.02. The Bertz CT molecular complexity index is 1010. The quantitative estimate of drug-likeness (QED) is 0.687. The first-order valence-corrected chi connectivity index (χ1v) is 11.2. The Balaban J connectivity index is 1.25. The minimum atomic E-state index is 0.819. The van der Waals surface area contributed by atoms with Crippen molar-refractivity contribution >= 4 is 16.9 Å². The number of nitrogens with zero attached hydrogens (tertiary/aromatic N) is 6. The summed E-state index contributed by atoms with van der Waals surface area (Å²) in [6, 6.07) is 7.39. The van der Waals surface area contributed by atoms with Crippen LogP contribution in [0.25, 0.3) is 22.3 Å². The van der Waals surface area contributed by atoms with Crippen molar-refractivity contribution < 1.29 is 0 Å². The first kappa shape index (κ1) is 17.4. The van der Waals surface area contributed by atoms with Crippen molar-refractivity contribution in [1.29, 1.82) is 0 Å². The molecular weight excluding hydrogens is 360 g/mol. The predicted molar refractivity (Wildman–Crippen MR) is 115 cm³/mol. The molecule has 1 saturated carbocycles. The molecule has 6 rings (SSSR count). The third-order valence-electron chi connectivity index (χ3n) is 7.02. The van der Waals surface area contributed by atoms with Crippen molar-refractivity contribution in [3.05, 3.63) is 36.4 Å². The standard InChI is InChI=1S/C23H28N6/c1-2-10-28(9-1)23-16-24-20(15-25-23)17-6-7-21-19(14-17)26-22-8-11-27(12-13-29(21)22)18-4-3-5-18/h6-7,14-16,18H,1-5,8-13H2. The zero-order valence-corrected chi connectivity index (χ0v) is 16.9. The van der Waals surface area contributed by atoms with E-state index in [1.165, 1.54) is 43.4 Å². The van der Waals surface area contributed by atoms with E-state index in [2.05, 4.69) is 37.5 Å². The van der Waals surface area contributed by atoms with Crippen LogP contribution >= 0.6 is 0 Å². The van der Waals surface area contributed by atoms with Crippen molar-refractivity contribution in [2.45, 2.75) is 51.1 Å². The number of fused-ring (bicyclic) bond motifs is 3. The number of anilines is 1. The largest absolute Gasteiger partial charge is 0.355 e. The van der Waals surface area contributed by atoms with Crippen LogP contribution in [-0.2, 0) is 13.0 Å². The lowest BCUT2D eigenvalue weighted by molar-refractivity contribution is 0.130. The van der Waals surface area contributed by atoms with Gasteiger partial charge >= 0.3 is 0 Å². The summed E-state index contributed by atoms with van der Waals surface area (Å²) in [5, 5.41) is 0. The molecule has 1 aliphatic carbocycles. The van der Waals surface area contributed by atoms with Gasteiger partial charge in [0.1, 0.15) is 11.6 Å². The molecule has 1 saturated heterocycles. The SMILES string of the molecule is c1cc2c(cc1-c1cnc(N3CCCC3)cn1)nc1n2CCN(C2CCC2)CC1. The first-order valence-electron chi connectivity index (χ1n) is 11.2. The van der Waals surface area contributed by atoms with Gasteiger partial charge in [-0.05, 0) is 37.8 Å². The molecule has 29 heavy (non-hydrogen) atoms. The Hall–Kier alpha value is -2.47. The molecule has 0 spiro atoms. The normalized spacial score (nSPS) is 20.6. The van der Waals surface area contributed by atoms with Gasteiger partial charge < -0.3 is 9.47 Å². The molecule has 4 heterocycles. The minimum absolute atomic E-state index is 0.819. The highest BCUT2D eigenvalue weighted by Crippen LogP contribution is 2.29. The number of hydrogen-bond acceptors (Lipinski definition) is 5. The summed E-state index contributed by atoms with van der Waals surface area (Å²) in [7, 11) is 0. The van der Waals surface area contributed by atoms with Crippen molar-refractivity contribution in [1.82, 2.24) is 24.4 Å². The van der Waals surface area contributed by atoms with E-state index in [1.54, 1.807) is 0 Å². The highest BCUT2D eigenvalue weighted by Gasteiger charge is 2.27. The molecule has 3 aromatic rings. The summed E-state index contributed by atoms with van der Waals surface area (Å²) < 4.78 is 2.43. The second-order valence-corrected chi connectivity index (χ2v) is 8.71. The van der Waals surface area contributed by atoms with Crippen molar-refractivity contribution in [3.8, 4) is 11.3 Å². The number of hydrogen-bond donors (Lipinski definition) is 0. The fourth-order valence-electron chi connectivity index (χ4n) is 5.06. The average Bonchev–Trinajstić information content (AvgIpc) is 3.32. The van der Waals surface area contributed by atoms with Gasteiger partial charge in [0.25, 0.3) is 0 Å². The smallest absolute Gasteiger partial charge is 0.147 e. The summed E-state index contributed by atoms with van der Waals surface area (Å²) in [5.41, 5.74) is 4.36. The van der Waals surface area contributed by atoms with Crippen LogP contribution in [0, 0.1) is 0 Å². The maximum absolute atomic E-state index is 5.00. The van der Waals surface area contributed by atoms with Gasteiger partial charge in [-0.3, -0.25) is 9.88 Å². The molecule has 2 aromatic heterocycles. The molecule has 0 unspecified atom stereocenters. The summed E-state index contributed by atoms with van der Waals surface area (Å²) in [4.78, 5) is 19.4. The van der Waals surface area contributed by atoms with E-state index in [4.69, 9.17) is 9.97 Å². The van der Waals surface area contributed by atoms with Crippen LogP contribution in [-0.4, -0.2) is 56.6 Å². The van der Waals surface area contributed by atoms with E-state index in [0.717, 1.165) is 67.8 Å². The molecular formula is C23H28N6. The van der Waals surface area contributed by atoms with Crippen LogP contribution in [0.2, 0.25) is 0 Å². The van der Waals surface area contributed by atoms with Crippen LogP contribution in [0.4, 0.5) is 5.82 Å². The summed E-state index contributed by atoms with van der Waals surface area (Å²) in [5.74, 6) is 2.23. The van der Waals surface area contributed by atoms with Crippen molar-refractivity contribution in [2.24, 2.45) is 0 Å². The molecule has 0 amide bonds. The van der Waals surface area contributed by atoms with Gasteiger partial charge in [-0.15, -0.1) is 0 Å². The average molecular weight is 389 g/mol. The van der Waals surface area contributed by atoms with E-state index >= 15 is 0 Å². The van der Waals surface area contributed by atoms with E-state index < -0.39 is 0 Å². The van der Waals surface area contributed by atoms with Crippen molar-refractivity contribution in [3.63, 3.8) is 0 Å². The molecule has 0 radical (unpaired) electrons. The van der Waals surface area contributed by atoms with Crippen LogP contribution < -0.4 is 4.90 Å². The summed E-state index contributed by atoms with van der Waals surface area (Å²) in [6.45, 7) is 5.53. The lowest BCUT2D eigenvalue weighted by atomic mass is 9.91. The summed E-state index contributed by atoms with van der Waals surface area (Å²) in [6.07, 6.45) is 11.5. The highest BCUT2D eigenvalue weighted by molar-refractivity contribution is 5.82. The Kier molecular flexibility index (Phi) is 4.26. The zero-order valence-electron chi connectivity index (χ0n) is 16.9. The fraction of sp³-hybridized carbons (Fsp3) is 0.522. The molecule has 150 valence electrons. The molecule has 2 fully saturated rings. The molecule has 0 bridgehead atoms. The lowest BCUT2D eigenvalue weighted by Crippen LogP contribution is -2.41. The second kappa shape index (κ2) is 7.10. The van der Waals surface area contributed by atoms with Crippen molar-refractivity contribution in [2.75, 3.05) is 31.1 Å². The summed E-state index contributed by atoms with van der Waals surface area (Å²) >= 11 is 0. The van der Waals surface area contributed by atoms with E-state index in [9.17, 15) is 0 Å². The van der Waals surface area contributed by atoms with Gasteiger partial charge in [0.2, 0.25) is 0 Å². The van der Waals surface area contributed by atoms with Gasteiger partial charge in [-0.25, -0.2) is 9.97 Å². The number of benzene rings is 1. The Morgan fingerprint density at radius 3 is 2.52 bits per heavy atom. The molecule has 6 heteroatoms. The van der Waals surface area contributed by atoms with Gasteiger partial charge in [0.05, 0.1) is 29.1 Å². The van der Waals surface area contributed by atoms with Gasteiger partial charge in [0.15, 0.2) is 0 Å². The van der Waals surface area contributed by atoms with Gasteiger partial charge in [-0.1, -0.05) is 12.5 Å². The van der Waals surface area contributed by atoms with Crippen LogP contribution in [0.15, 0.2) is 30.6 Å². The molecule has 1 aromatic carbocycles. The Morgan fingerprint density at radius 2 is 1.76 bits per heavy atom. The lowest BCUT2D eigenvalue weighted by Gasteiger charge is -2.36. The van der Waals surface area contributed by atoms with Crippen LogP contribution in [0.3, 0.4) is 0 Å². The van der Waals surface area contributed by atoms with Gasteiger partial charge in [-0.2, -0.15) is 0 Å². The molecule has 2 aliphatic heterocycles. The van der Waals surface area contributed by atoms with Crippen LogP contribution in [0.1, 0.15) is 37.9 Å². The van der Waals surface area contributed by atoms with Gasteiger partial charge in [0, 0.05) is 50.7 Å². The zero-order chi connectivity index (χ0) is 19.2. The maximum atomic E-state index is 5.00. The third kappa shape index (κ3) is 3.10. The molecule has 6 nitrogen and oxygen atoms in total. The van der Waals surface area contributed by atoms with E-state index in [1.807, 2.05) is 12.4 Å². The first-order chi connectivity index (χ1) is 14.3. The Morgan fingerprint density at radius 1 is 0.862 bits per heavy atom. The topological polar surface area (TPSA) is 50.1 Å². The molecule has 0 N–H and O–H groups in total. The van der Waals surface area contributed by atoms with E-state index in [0.29, 0.717) is 0 Å². The highest BCUT2D eigenvalue weighted by atomic mass is 15.2. The predicted octanol–water partition coefficient (Wildman–Crippen LogP) is 3.50. The Labute approximate surface area is 171 Å². The van der Waals surface area contributed by atoms with Crippen LogP contribution in [0.5, 0.6) is 0 Å². The fourth-order valence-corrected chi connectivity index (χ4v) is 5.06. The molecule has 0 atom stereocenters.